The molecule has 0 saturated heterocycles. The molecular weight excluding hydrogens is 200 g/mol. The number of ether oxygens (including phenoxy) is 1. The van der Waals surface area contributed by atoms with Gasteiger partial charge in [0.25, 0.3) is 0 Å². The lowest BCUT2D eigenvalue weighted by Gasteiger charge is -2.32. The Balaban J connectivity index is 1.90. The molecular formula is C13H18N2O. The third-order valence-electron chi connectivity index (χ3n) is 2.86. The first-order valence-corrected chi connectivity index (χ1v) is 5.80. The summed E-state index contributed by atoms with van der Waals surface area (Å²) < 4.78 is 5.49. The number of hydrogen-bond acceptors (Lipinski definition) is 2. The molecule has 0 aliphatic heterocycles. The number of benzene rings is 1. The van der Waals surface area contributed by atoms with Crippen LogP contribution in [-0.2, 0) is 4.74 Å². The molecule has 1 aromatic rings. The quantitative estimate of drug-likeness (QED) is 0.620. The monoisotopic (exact) mass is 218 g/mol. The van der Waals surface area contributed by atoms with Gasteiger partial charge >= 0.3 is 0 Å². The van der Waals surface area contributed by atoms with Gasteiger partial charge in [0, 0.05) is 12.2 Å². The molecule has 0 unspecified atom stereocenters. The van der Waals surface area contributed by atoms with Crippen LogP contribution in [-0.4, -0.2) is 24.6 Å². The standard InChI is InChI=1S/C13H18N2O/c1-2-16-12-8-11(9-12)15-13(14)10-6-4-3-5-7-10/h3-7,11-12H,2,8-9H2,1H3,(H2,14,15). The van der Waals surface area contributed by atoms with Crippen LogP contribution in [0.25, 0.3) is 0 Å². The van der Waals surface area contributed by atoms with Crippen LogP contribution in [0, 0.1) is 0 Å². The van der Waals surface area contributed by atoms with Crippen LogP contribution in [0.1, 0.15) is 25.3 Å². The third-order valence-corrected chi connectivity index (χ3v) is 2.86. The Kier molecular flexibility index (Phi) is 3.57. The van der Waals surface area contributed by atoms with E-state index in [1.54, 1.807) is 0 Å². The van der Waals surface area contributed by atoms with Crippen molar-refractivity contribution in [2.24, 2.45) is 10.7 Å². The fraction of sp³-hybridized carbons (Fsp3) is 0.462. The molecule has 2 rings (SSSR count). The summed E-state index contributed by atoms with van der Waals surface area (Å²) in [7, 11) is 0. The second-order valence-electron chi connectivity index (χ2n) is 4.08. The molecule has 2 N–H and O–H groups in total. The van der Waals surface area contributed by atoms with Gasteiger partial charge in [0.1, 0.15) is 5.84 Å². The summed E-state index contributed by atoms with van der Waals surface area (Å²) in [5.41, 5.74) is 6.94. The predicted octanol–water partition coefficient (Wildman–Crippen LogP) is 1.96. The summed E-state index contributed by atoms with van der Waals surface area (Å²) in [6, 6.07) is 10.2. The first-order chi connectivity index (χ1) is 7.79. The normalized spacial score (nSPS) is 25.2. The molecule has 16 heavy (non-hydrogen) atoms. The van der Waals surface area contributed by atoms with Crippen LogP contribution in [0.15, 0.2) is 35.3 Å². The minimum atomic E-state index is 0.344. The number of nitrogens with zero attached hydrogens (tertiary/aromatic N) is 1. The van der Waals surface area contributed by atoms with Gasteiger partial charge in [-0.1, -0.05) is 30.3 Å². The molecule has 86 valence electrons. The van der Waals surface area contributed by atoms with Gasteiger partial charge < -0.3 is 10.5 Å². The fourth-order valence-electron chi connectivity index (χ4n) is 1.90. The van der Waals surface area contributed by atoms with E-state index in [9.17, 15) is 0 Å². The van der Waals surface area contributed by atoms with Crippen LogP contribution in [0.2, 0.25) is 0 Å². The van der Waals surface area contributed by atoms with E-state index in [0.29, 0.717) is 18.0 Å². The van der Waals surface area contributed by atoms with Crippen molar-refractivity contribution in [3.05, 3.63) is 35.9 Å². The zero-order valence-electron chi connectivity index (χ0n) is 9.60. The van der Waals surface area contributed by atoms with E-state index in [1.807, 2.05) is 37.3 Å². The zero-order valence-corrected chi connectivity index (χ0v) is 9.60. The summed E-state index contributed by atoms with van der Waals surface area (Å²) in [5.74, 6) is 0.639. The van der Waals surface area contributed by atoms with Gasteiger partial charge in [-0.2, -0.15) is 0 Å². The minimum absolute atomic E-state index is 0.344. The minimum Gasteiger partial charge on any atom is -0.383 e. The van der Waals surface area contributed by atoms with Crippen molar-refractivity contribution < 1.29 is 4.74 Å². The number of amidine groups is 1. The summed E-state index contributed by atoms with van der Waals surface area (Å²) in [6.07, 6.45) is 2.39. The van der Waals surface area contributed by atoms with Crippen LogP contribution >= 0.6 is 0 Å². The molecule has 0 bridgehead atoms. The molecule has 0 spiro atoms. The SMILES string of the molecule is CCOC1CC(N=C(N)c2ccccc2)C1. The lowest BCUT2D eigenvalue weighted by atomic mass is 9.89. The molecule has 0 atom stereocenters. The molecule has 0 heterocycles. The zero-order chi connectivity index (χ0) is 11.4. The number of nitrogens with two attached hydrogens (primary N) is 1. The Morgan fingerprint density at radius 1 is 1.38 bits per heavy atom. The summed E-state index contributed by atoms with van der Waals surface area (Å²) in [5, 5.41) is 0. The van der Waals surface area contributed by atoms with Gasteiger partial charge in [-0.05, 0) is 19.8 Å². The van der Waals surface area contributed by atoms with Crippen molar-refractivity contribution >= 4 is 5.84 Å². The van der Waals surface area contributed by atoms with Crippen LogP contribution < -0.4 is 5.73 Å². The molecule has 1 aliphatic carbocycles. The number of rotatable bonds is 4. The first-order valence-electron chi connectivity index (χ1n) is 5.80. The Hall–Kier alpha value is -1.35. The van der Waals surface area contributed by atoms with Gasteiger partial charge in [-0.3, -0.25) is 4.99 Å². The second-order valence-corrected chi connectivity index (χ2v) is 4.08. The maximum absolute atomic E-state index is 5.93. The van der Waals surface area contributed by atoms with E-state index in [2.05, 4.69) is 4.99 Å². The Bertz CT molecular complexity index is 355. The second kappa shape index (κ2) is 5.12. The molecule has 0 radical (unpaired) electrons. The Morgan fingerprint density at radius 3 is 2.69 bits per heavy atom. The summed E-state index contributed by atoms with van der Waals surface area (Å²) >= 11 is 0. The lowest BCUT2D eigenvalue weighted by molar-refractivity contribution is -0.000690. The van der Waals surface area contributed by atoms with Crippen LogP contribution in [0.4, 0.5) is 0 Å². The van der Waals surface area contributed by atoms with Gasteiger partial charge in [-0.25, -0.2) is 0 Å². The molecule has 1 aromatic carbocycles. The molecule has 3 heteroatoms. The number of hydrogen-bond donors (Lipinski definition) is 1. The highest BCUT2D eigenvalue weighted by Gasteiger charge is 2.29. The molecule has 3 nitrogen and oxygen atoms in total. The highest BCUT2D eigenvalue weighted by Crippen LogP contribution is 2.26. The lowest BCUT2D eigenvalue weighted by Crippen LogP contribution is -2.36. The van der Waals surface area contributed by atoms with Crippen molar-refractivity contribution in [2.75, 3.05) is 6.61 Å². The van der Waals surface area contributed by atoms with Crippen molar-refractivity contribution in [3.8, 4) is 0 Å². The summed E-state index contributed by atoms with van der Waals surface area (Å²) in [4.78, 5) is 4.50. The van der Waals surface area contributed by atoms with Gasteiger partial charge in [-0.15, -0.1) is 0 Å². The smallest absolute Gasteiger partial charge is 0.125 e. The van der Waals surface area contributed by atoms with E-state index >= 15 is 0 Å². The highest BCUT2D eigenvalue weighted by molar-refractivity contribution is 5.97. The topological polar surface area (TPSA) is 47.6 Å². The Morgan fingerprint density at radius 2 is 2.06 bits per heavy atom. The average Bonchev–Trinajstić information content (AvgIpc) is 2.27. The molecule has 1 fully saturated rings. The fourth-order valence-corrected chi connectivity index (χ4v) is 1.90. The summed E-state index contributed by atoms with van der Waals surface area (Å²) in [6.45, 7) is 2.81. The molecule has 0 amide bonds. The molecule has 1 aliphatic rings. The van der Waals surface area contributed by atoms with Crippen molar-refractivity contribution in [1.29, 1.82) is 0 Å². The largest absolute Gasteiger partial charge is 0.383 e. The average molecular weight is 218 g/mol. The van der Waals surface area contributed by atoms with E-state index in [1.165, 1.54) is 0 Å². The maximum Gasteiger partial charge on any atom is 0.125 e. The highest BCUT2D eigenvalue weighted by atomic mass is 16.5. The molecule has 0 aromatic heterocycles. The third kappa shape index (κ3) is 2.61. The van der Waals surface area contributed by atoms with E-state index in [0.717, 1.165) is 25.0 Å². The van der Waals surface area contributed by atoms with Crippen molar-refractivity contribution in [3.63, 3.8) is 0 Å². The van der Waals surface area contributed by atoms with E-state index in [4.69, 9.17) is 10.5 Å². The van der Waals surface area contributed by atoms with Gasteiger partial charge in [0.15, 0.2) is 0 Å². The molecule has 1 saturated carbocycles. The first kappa shape index (κ1) is 11.1. The van der Waals surface area contributed by atoms with Gasteiger partial charge in [0.05, 0.1) is 12.1 Å². The van der Waals surface area contributed by atoms with Crippen molar-refractivity contribution in [1.82, 2.24) is 0 Å². The predicted molar refractivity (Wildman–Crippen MR) is 65.6 cm³/mol. The maximum atomic E-state index is 5.93. The Labute approximate surface area is 96.3 Å². The van der Waals surface area contributed by atoms with Gasteiger partial charge in [0.2, 0.25) is 0 Å². The number of aliphatic imine (C=N–C) groups is 1. The van der Waals surface area contributed by atoms with Crippen LogP contribution in [0.3, 0.4) is 0 Å². The van der Waals surface area contributed by atoms with E-state index in [-0.39, 0.29) is 0 Å². The van der Waals surface area contributed by atoms with Crippen molar-refractivity contribution in [2.45, 2.75) is 31.9 Å². The van der Waals surface area contributed by atoms with E-state index < -0.39 is 0 Å². The van der Waals surface area contributed by atoms with Crippen LogP contribution in [0.5, 0.6) is 0 Å².